The van der Waals surface area contributed by atoms with Gasteiger partial charge in [0.1, 0.15) is 8.07 Å². The van der Waals surface area contributed by atoms with Crippen molar-refractivity contribution in [2.75, 3.05) is 0 Å². The van der Waals surface area contributed by atoms with Gasteiger partial charge in [-0.05, 0) is 73.4 Å². The summed E-state index contributed by atoms with van der Waals surface area (Å²) >= 11 is 0. The van der Waals surface area contributed by atoms with Crippen LogP contribution in [0.15, 0.2) is 72.9 Å². The van der Waals surface area contributed by atoms with E-state index in [2.05, 4.69) is 82.4 Å². The maximum atomic E-state index is 13.4. The molecule has 0 bridgehead atoms. The first-order valence-corrected chi connectivity index (χ1v) is 16.5. The number of pyridine rings is 1. The molecule has 1 nitrogen and oxygen atoms in total. The standard InChI is InChI=1S/C34H36F3NSi/c1-32(2,3)28-19-26(18-24-10-8-9-11-27(24)28)30-31-25(16-17-38-30)20-29(39(31,6)7)23-14-12-22(13-15-23)21-33(4,5)34(35,36)37/h8-20H,21H2,1-7H3. The van der Waals surface area contributed by atoms with Crippen LogP contribution in [0.1, 0.15) is 56.9 Å². The van der Waals surface area contributed by atoms with Gasteiger partial charge in [0.05, 0.1) is 11.1 Å². The number of hydrogen-bond donors (Lipinski definition) is 0. The highest BCUT2D eigenvalue weighted by molar-refractivity contribution is 7.07. The van der Waals surface area contributed by atoms with Gasteiger partial charge in [0.2, 0.25) is 0 Å². The Balaban J connectivity index is 1.55. The molecule has 5 heteroatoms. The van der Waals surface area contributed by atoms with E-state index in [0.717, 1.165) is 16.8 Å². The van der Waals surface area contributed by atoms with Crippen LogP contribution < -0.4 is 5.19 Å². The molecule has 0 saturated heterocycles. The van der Waals surface area contributed by atoms with Crippen molar-refractivity contribution in [2.45, 2.75) is 65.7 Å². The molecule has 0 amide bonds. The minimum atomic E-state index is -4.24. The van der Waals surface area contributed by atoms with E-state index in [0.29, 0.717) is 5.56 Å². The summed E-state index contributed by atoms with van der Waals surface area (Å²) in [5.41, 5.74) is 4.66. The van der Waals surface area contributed by atoms with Crippen molar-refractivity contribution in [2.24, 2.45) is 5.41 Å². The van der Waals surface area contributed by atoms with Crippen molar-refractivity contribution in [3.05, 3.63) is 95.2 Å². The Morgan fingerprint density at radius 1 is 0.795 bits per heavy atom. The second-order valence-electron chi connectivity index (χ2n) is 13.1. The molecule has 0 spiro atoms. The summed E-state index contributed by atoms with van der Waals surface area (Å²) in [5.74, 6) is 0. The Kier molecular flexibility index (Phi) is 6.45. The van der Waals surface area contributed by atoms with Crippen LogP contribution >= 0.6 is 0 Å². The summed E-state index contributed by atoms with van der Waals surface area (Å²) in [6.07, 6.45) is -0.113. The Bertz CT molecular complexity index is 1590. The third-order valence-electron chi connectivity index (χ3n) is 8.20. The fourth-order valence-electron chi connectivity index (χ4n) is 5.87. The zero-order chi connectivity index (χ0) is 28.4. The number of nitrogens with zero attached hydrogens (tertiary/aromatic N) is 1. The van der Waals surface area contributed by atoms with Crippen LogP contribution in [-0.2, 0) is 11.8 Å². The second-order valence-corrected chi connectivity index (χ2v) is 17.3. The van der Waals surface area contributed by atoms with Crippen LogP contribution in [0.3, 0.4) is 0 Å². The molecule has 39 heavy (non-hydrogen) atoms. The van der Waals surface area contributed by atoms with Gasteiger partial charge in [-0.2, -0.15) is 13.2 Å². The van der Waals surface area contributed by atoms with Gasteiger partial charge in [-0.3, -0.25) is 4.98 Å². The first-order chi connectivity index (χ1) is 18.1. The van der Waals surface area contributed by atoms with Gasteiger partial charge in [0.15, 0.2) is 0 Å². The average molecular weight is 544 g/mol. The zero-order valence-corrected chi connectivity index (χ0v) is 24.8. The van der Waals surface area contributed by atoms with E-state index in [-0.39, 0.29) is 11.8 Å². The third kappa shape index (κ3) is 4.86. The molecule has 4 aromatic rings. The van der Waals surface area contributed by atoms with Crippen LogP contribution in [0.25, 0.3) is 33.3 Å². The van der Waals surface area contributed by atoms with Gasteiger partial charge in [0.25, 0.3) is 0 Å². The highest BCUT2D eigenvalue weighted by Gasteiger charge is 2.47. The van der Waals surface area contributed by atoms with Gasteiger partial charge in [-0.1, -0.05) is 102 Å². The summed E-state index contributed by atoms with van der Waals surface area (Å²) in [6, 6.07) is 22.9. The molecule has 0 unspecified atom stereocenters. The summed E-state index contributed by atoms with van der Waals surface area (Å²) in [7, 11) is -2.16. The topological polar surface area (TPSA) is 12.9 Å². The van der Waals surface area contributed by atoms with Crippen molar-refractivity contribution >= 4 is 35.3 Å². The molecule has 3 aromatic carbocycles. The van der Waals surface area contributed by atoms with Gasteiger partial charge < -0.3 is 0 Å². The maximum Gasteiger partial charge on any atom is 0.394 e. The molecule has 0 atom stereocenters. The van der Waals surface area contributed by atoms with Crippen LogP contribution in [0, 0.1) is 5.41 Å². The Labute approximate surface area is 230 Å². The molecule has 0 saturated carbocycles. The summed E-state index contributed by atoms with van der Waals surface area (Å²) in [4.78, 5) is 4.95. The van der Waals surface area contributed by atoms with Crippen LogP contribution in [0.2, 0.25) is 13.1 Å². The first kappa shape index (κ1) is 27.4. The van der Waals surface area contributed by atoms with E-state index in [9.17, 15) is 13.2 Å². The second kappa shape index (κ2) is 9.19. The lowest BCUT2D eigenvalue weighted by molar-refractivity contribution is -0.211. The predicted molar refractivity (Wildman–Crippen MR) is 161 cm³/mol. The van der Waals surface area contributed by atoms with Gasteiger partial charge in [-0.15, -0.1) is 0 Å². The molecule has 2 heterocycles. The molecule has 1 aromatic heterocycles. The molecule has 1 aliphatic rings. The van der Waals surface area contributed by atoms with E-state index in [1.54, 1.807) is 0 Å². The van der Waals surface area contributed by atoms with E-state index < -0.39 is 19.7 Å². The van der Waals surface area contributed by atoms with Crippen molar-refractivity contribution in [1.82, 2.24) is 4.98 Å². The maximum absolute atomic E-state index is 13.4. The number of alkyl halides is 3. The van der Waals surface area contributed by atoms with E-state index >= 15 is 0 Å². The average Bonchev–Trinajstić information content (AvgIpc) is 3.13. The minimum Gasteiger partial charge on any atom is -0.256 e. The quantitative estimate of drug-likeness (QED) is 0.234. The van der Waals surface area contributed by atoms with Gasteiger partial charge in [0, 0.05) is 11.8 Å². The highest BCUT2D eigenvalue weighted by Crippen LogP contribution is 2.42. The zero-order valence-electron chi connectivity index (χ0n) is 23.8. The number of fused-ring (bicyclic) bond motifs is 2. The van der Waals surface area contributed by atoms with Crippen molar-refractivity contribution in [1.29, 1.82) is 0 Å². The number of benzene rings is 3. The number of hydrogen-bond acceptors (Lipinski definition) is 1. The Morgan fingerprint density at radius 2 is 1.46 bits per heavy atom. The predicted octanol–water partition coefficient (Wildman–Crippen LogP) is 9.34. The fourth-order valence-corrected chi connectivity index (χ4v) is 9.22. The molecule has 0 fully saturated rings. The van der Waals surface area contributed by atoms with Crippen LogP contribution in [0.5, 0.6) is 0 Å². The molecular formula is C34H36F3NSi. The molecule has 0 radical (unpaired) electrons. The third-order valence-corrected chi connectivity index (χ3v) is 11.8. The Morgan fingerprint density at radius 3 is 2.10 bits per heavy atom. The lowest BCUT2D eigenvalue weighted by atomic mass is 9.82. The summed E-state index contributed by atoms with van der Waals surface area (Å²) in [6.45, 7) is 14.0. The Hall–Kier alpha value is -3.18. The van der Waals surface area contributed by atoms with Crippen molar-refractivity contribution in [3.63, 3.8) is 0 Å². The molecule has 5 rings (SSSR count). The summed E-state index contributed by atoms with van der Waals surface area (Å²) in [5, 5.41) is 5.08. The molecule has 202 valence electrons. The van der Waals surface area contributed by atoms with Crippen molar-refractivity contribution < 1.29 is 13.2 Å². The molecule has 0 aliphatic carbocycles. The van der Waals surface area contributed by atoms with Gasteiger partial charge in [-0.25, -0.2) is 0 Å². The summed E-state index contributed by atoms with van der Waals surface area (Å²) < 4.78 is 40.3. The lowest BCUT2D eigenvalue weighted by Crippen LogP contribution is -2.42. The van der Waals surface area contributed by atoms with Crippen molar-refractivity contribution in [3.8, 4) is 11.3 Å². The number of aromatic nitrogens is 1. The first-order valence-electron chi connectivity index (χ1n) is 13.5. The molecule has 1 aliphatic heterocycles. The van der Waals surface area contributed by atoms with Gasteiger partial charge >= 0.3 is 6.18 Å². The number of rotatable bonds is 4. The van der Waals surface area contributed by atoms with Crippen LogP contribution in [0.4, 0.5) is 13.2 Å². The normalized spacial score (nSPS) is 15.4. The van der Waals surface area contributed by atoms with E-state index in [1.165, 1.54) is 46.1 Å². The lowest BCUT2D eigenvalue weighted by Gasteiger charge is -2.28. The largest absolute Gasteiger partial charge is 0.394 e. The smallest absolute Gasteiger partial charge is 0.256 e. The highest BCUT2D eigenvalue weighted by atomic mass is 28.3. The monoisotopic (exact) mass is 543 g/mol. The SMILES string of the molecule is CC(C)(C)c1cc(-c2nccc3c2[Si](C)(C)C(c2ccc(CC(C)(C)C(F)(F)F)cc2)=C3)cc2ccccc12. The minimum absolute atomic E-state index is 0.0215. The number of halogens is 3. The molecular weight excluding hydrogens is 507 g/mol. The fraction of sp³-hybridized carbons (Fsp3) is 0.324. The molecule has 0 N–H and O–H groups in total. The van der Waals surface area contributed by atoms with E-state index in [4.69, 9.17) is 4.98 Å². The van der Waals surface area contributed by atoms with Crippen LogP contribution in [-0.4, -0.2) is 19.2 Å². The van der Waals surface area contributed by atoms with E-state index in [1.807, 2.05) is 30.5 Å².